The van der Waals surface area contributed by atoms with Crippen molar-refractivity contribution in [2.24, 2.45) is 0 Å². The lowest BCUT2D eigenvalue weighted by molar-refractivity contribution is 0.0596. The number of hydrogen-bond donors (Lipinski definition) is 1. The minimum Gasteiger partial charge on any atom is -0.342 e. The van der Waals surface area contributed by atoms with Crippen LogP contribution in [0.2, 0.25) is 0 Å². The molecular formula is C17H13N5OS. The van der Waals surface area contributed by atoms with Crippen LogP contribution in [0.15, 0.2) is 42.5 Å². The number of para-hydroxylation sites is 2. The molecule has 4 aromatic rings. The SMILES string of the molecule is O=C(c1ccc2nsnc2c1)N1CC(c2nc3ccccc3[nH]2)C1. The Morgan fingerprint density at radius 3 is 2.79 bits per heavy atom. The average Bonchev–Trinajstić information content (AvgIpc) is 3.18. The Labute approximate surface area is 141 Å². The summed E-state index contributed by atoms with van der Waals surface area (Å²) in [7, 11) is 0. The van der Waals surface area contributed by atoms with E-state index in [-0.39, 0.29) is 11.8 Å². The lowest BCUT2D eigenvalue weighted by Crippen LogP contribution is -2.48. The molecule has 0 aliphatic carbocycles. The van der Waals surface area contributed by atoms with Gasteiger partial charge in [-0.1, -0.05) is 12.1 Å². The molecule has 2 aromatic heterocycles. The molecule has 118 valence electrons. The number of aromatic nitrogens is 4. The maximum absolute atomic E-state index is 12.6. The lowest BCUT2D eigenvalue weighted by atomic mass is 9.98. The summed E-state index contributed by atoms with van der Waals surface area (Å²) < 4.78 is 8.36. The Balaban J connectivity index is 1.34. The van der Waals surface area contributed by atoms with Crippen molar-refractivity contribution in [1.82, 2.24) is 23.6 Å². The van der Waals surface area contributed by atoms with E-state index in [4.69, 9.17) is 0 Å². The number of likely N-dealkylation sites (tertiary alicyclic amines) is 1. The molecule has 1 fully saturated rings. The summed E-state index contributed by atoms with van der Waals surface area (Å²) in [5, 5.41) is 0. The molecule has 24 heavy (non-hydrogen) atoms. The highest BCUT2D eigenvalue weighted by molar-refractivity contribution is 7.00. The summed E-state index contributed by atoms with van der Waals surface area (Å²) >= 11 is 1.16. The standard InChI is InChI=1S/C17H13N5OS/c23-17(10-5-6-14-15(7-10)21-24-20-14)22-8-11(9-22)16-18-12-3-1-2-4-13(12)19-16/h1-7,11H,8-9H2,(H,18,19). The highest BCUT2D eigenvalue weighted by Crippen LogP contribution is 2.28. The van der Waals surface area contributed by atoms with Gasteiger partial charge >= 0.3 is 0 Å². The smallest absolute Gasteiger partial charge is 0.253 e. The Bertz CT molecular complexity index is 1030. The summed E-state index contributed by atoms with van der Waals surface area (Å²) in [6.07, 6.45) is 0. The number of nitrogens with zero attached hydrogens (tertiary/aromatic N) is 4. The summed E-state index contributed by atoms with van der Waals surface area (Å²) in [5.74, 6) is 1.27. The van der Waals surface area contributed by atoms with Gasteiger partial charge in [-0.25, -0.2) is 4.98 Å². The molecule has 1 aliphatic heterocycles. The van der Waals surface area contributed by atoms with E-state index in [1.165, 1.54) is 0 Å². The van der Waals surface area contributed by atoms with E-state index in [0.717, 1.165) is 39.6 Å². The largest absolute Gasteiger partial charge is 0.342 e. The third-order valence-electron chi connectivity index (χ3n) is 4.46. The minimum atomic E-state index is 0.0391. The fraction of sp³-hybridized carbons (Fsp3) is 0.176. The van der Waals surface area contributed by atoms with Crippen molar-refractivity contribution in [3.63, 3.8) is 0 Å². The number of nitrogens with one attached hydrogen (secondary N) is 1. The van der Waals surface area contributed by atoms with Gasteiger partial charge in [0.05, 0.1) is 28.7 Å². The molecule has 2 aromatic carbocycles. The molecule has 3 heterocycles. The van der Waals surface area contributed by atoms with Crippen LogP contribution in [-0.4, -0.2) is 42.6 Å². The van der Waals surface area contributed by atoms with Gasteiger partial charge in [0.15, 0.2) is 0 Å². The van der Waals surface area contributed by atoms with Gasteiger partial charge in [0.2, 0.25) is 0 Å². The van der Waals surface area contributed by atoms with E-state index < -0.39 is 0 Å². The number of rotatable bonds is 2. The van der Waals surface area contributed by atoms with Gasteiger partial charge in [-0.3, -0.25) is 4.79 Å². The maximum atomic E-state index is 12.6. The molecule has 0 unspecified atom stereocenters. The van der Waals surface area contributed by atoms with Crippen molar-refractivity contribution < 1.29 is 4.79 Å². The Morgan fingerprint density at radius 1 is 1.08 bits per heavy atom. The molecule has 6 nitrogen and oxygen atoms in total. The van der Waals surface area contributed by atoms with Gasteiger partial charge in [-0.15, -0.1) is 0 Å². The quantitative estimate of drug-likeness (QED) is 0.611. The van der Waals surface area contributed by atoms with E-state index in [1.54, 1.807) is 0 Å². The number of fused-ring (bicyclic) bond motifs is 2. The fourth-order valence-electron chi connectivity index (χ4n) is 3.08. The van der Waals surface area contributed by atoms with Gasteiger partial charge in [0.25, 0.3) is 5.91 Å². The number of carbonyl (C=O) groups excluding carboxylic acids is 1. The van der Waals surface area contributed by atoms with E-state index in [9.17, 15) is 4.79 Å². The zero-order valence-electron chi connectivity index (χ0n) is 12.6. The highest BCUT2D eigenvalue weighted by Gasteiger charge is 2.34. The highest BCUT2D eigenvalue weighted by atomic mass is 32.1. The van der Waals surface area contributed by atoms with Crippen LogP contribution in [0, 0.1) is 0 Å². The van der Waals surface area contributed by atoms with Crippen LogP contribution >= 0.6 is 11.7 Å². The third kappa shape index (κ3) is 2.09. The number of aromatic amines is 1. The molecule has 0 spiro atoms. The number of H-pyrrole nitrogens is 1. The van der Waals surface area contributed by atoms with Gasteiger partial charge < -0.3 is 9.88 Å². The maximum Gasteiger partial charge on any atom is 0.253 e. The fourth-order valence-corrected chi connectivity index (χ4v) is 3.60. The number of imidazole rings is 1. The molecule has 7 heteroatoms. The van der Waals surface area contributed by atoms with Crippen LogP contribution in [0.1, 0.15) is 22.1 Å². The molecule has 0 atom stereocenters. The van der Waals surface area contributed by atoms with Crippen LogP contribution in [0.5, 0.6) is 0 Å². The van der Waals surface area contributed by atoms with E-state index in [1.807, 2.05) is 47.4 Å². The van der Waals surface area contributed by atoms with Crippen LogP contribution in [-0.2, 0) is 0 Å². The van der Waals surface area contributed by atoms with Crippen molar-refractivity contribution in [1.29, 1.82) is 0 Å². The molecule has 1 saturated heterocycles. The van der Waals surface area contributed by atoms with E-state index in [2.05, 4.69) is 18.7 Å². The zero-order valence-corrected chi connectivity index (χ0v) is 13.5. The van der Waals surface area contributed by atoms with E-state index in [0.29, 0.717) is 18.7 Å². The van der Waals surface area contributed by atoms with Crippen LogP contribution in [0.3, 0.4) is 0 Å². The van der Waals surface area contributed by atoms with Crippen molar-refractivity contribution in [3.05, 3.63) is 53.9 Å². The summed E-state index contributed by atoms with van der Waals surface area (Å²) in [5.41, 5.74) is 4.29. The Morgan fingerprint density at radius 2 is 1.92 bits per heavy atom. The summed E-state index contributed by atoms with van der Waals surface area (Å²) in [6.45, 7) is 1.37. The Kier molecular flexibility index (Phi) is 2.90. The molecule has 0 radical (unpaired) electrons. The molecule has 1 amide bonds. The Hall–Kier alpha value is -2.80. The number of hydrogen-bond acceptors (Lipinski definition) is 5. The van der Waals surface area contributed by atoms with E-state index >= 15 is 0 Å². The second-order valence-electron chi connectivity index (χ2n) is 6.01. The van der Waals surface area contributed by atoms with Crippen molar-refractivity contribution in [2.45, 2.75) is 5.92 Å². The lowest BCUT2D eigenvalue weighted by Gasteiger charge is -2.38. The number of benzene rings is 2. The summed E-state index contributed by atoms with van der Waals surface area (Å²) in [6, 6.07) is 13.5. The second-order valence-corrected chi connectivity index (χ2v) is 6.54. The first-order valence-electron chi connectivity index (χ1n) is 7.74. The van der Waals surface area contributed by atoms with Crippen LogP contribution < -0.4 is 0 Å². The molecule has 0 saturated carbocycles. The molecule has 1 aliphatic rings. The minimum absolute atomic E-state index is 0.0391. The average molecular weight is 335 g/mol. The van der Waals surface area contributed by atoms with Crippen molar-refractivity contribution in [2.75, 3.05) is 13.1 Å². The van der Waals surface area contributed by atoms with Gasteiger partial charge in [-0.05, 0) is 30.3 Å². The monoisotopic (exact) mass is 335 g/mol. The second kappa shape index (κ2) is 5.10. The van der Waals surface area contributed by atoms with Crippen LogP contribution in [0.4, 0.5) is 0 Å². The van der Waals surface area contributed by atoms with Crippen molar-refractivity contribution >= 4 is 39.7 Å². The summed E-state index contributed by atoms with van der Waals surface area (Å²) in [4.78, 5) is 22.4. The van der Waals surface area contributed by atoms with Gasteiger partial charge in [0.1, 0.15) is 16.9 Å². The first kappa shape index (κ1) is 13.6. The topological polar surface area (TPSA) is 74.8 Å². The zero-order chi connectivity index (χ0) is 16.1. The predicted octanol–water partition coefficient (Wildman–Crippen LogP) is 2.81. The molecule has 1 N–H and O–H groups in total. The normalized spacial score (nSPS) is 15.1. The molecular weight excluding hydrogens is 322 g/mol. The third-order valence-corrected chi connectivity index (χ3v) is 5.02. The molecule has 0 bridgehead atoms. The molecule has 5 rings (SSSR count). The van der Waals surface area contributed by atoms with Crippen molar-refractivity contribution in [3.8, 4) is 0 Å². The van der Waals surface area contributed by atoms with Crippen LogP contribution in [0.25, 0.3) is 22.1 Å². The predicted molar refractivity (Wildman–Crippen MR) is 92.2 cm³/mol. The van der Waals surface area contributed by atoms with Gasteiger partial charge in [0, 0.05) is 18.7 Å². The first-order valence-corrected chi connectivity index (χ1v) is 8.47. The number of carbonyl (C=O) groups is 1. The number of amides is 1. The van der Waals surface area contributed by atoms with Gasteiger partial charge in [-0.2, -0.15) is 8.75 Å². The first-order chi connectivity index (χ1) is 11.8.